The molecule has 6 N–H and O–H groups in total. The van der Waals surface area contributed by atoms with E-state index in [1.165, 1.54) is 0 Å². The molecule has 3 aliphatic heterocycles. The minimum Gasteiger partial charge on any atom is -0.481 e. The fraction of sp³-hybridized carbons (Fsp3) is 0.947. The van der Waals surface area contributed by atoms with Crippen molar-refractivity contribution in [1.29, 1.82) is 0 Å². The molecule has 49 heavy (non-hydrogen) atoms. The van der Waals surface area contributed by atoms with Crippen molar-refractivity contribution in [2.45, 2.75) is 181 Å². The van der Waals surface area contributed by atoms with E-state index in [1.54, 1.807) is 27.7 Å². The maximum atomic E-state index is 14.3. The van der Waals surface area contributed by atoms with Gasteiger partial charge in [-0.1, -0.05) is 75.7 Å². The highest BCUT2D eigenvalue weighted by molar-refractivity contribution is 5.84. The summed E-state index contributed by atoms with van der Waals surface area (Å²) < 4.78 is 19.4. The van der Waals surface area contributed by atoms with Gasteiger partial charge in [0, 0.05) is 35.5 Å². The van der Waals surface area contributed by atoms with Gasteiger partial charge in [0.2, 0.25) is 0 Å². The molecule has 0 amide bonds. The summed E-state index contributed by atoms with van der Waals surface area (Å²) in [7, 11) is 0. The van der Waals surface area contributed by atoms with E-state index in [-0.39, 0.29) is 24.0 Å². The number of aliphatic hydroxyl groups excluding tert-OH is 3. The van der Waals surface area contributed by atoms with Crippen LogP contribution in [0.4, 0.5) is 0 Å². The minimum atomic E-state index is -2.16. The number of Topliss-reactive ketones (excluding diaryl/α,β-unsaturated/α-hetero) is 1. The van der Waals surface area contributed by atoms with Gasteiger partial charge in [-0.25, -0.2) is 0 Å². The molecule has 0 spiro atoms. The first kappa shape index (κ1) is 42.2. The van der Waals surface area contributed by atoms with Gasteiger partial charge in [-0.3, -0.25) is 9.59 Å². The van der Waals surface area contributed by atoms with E-state index in [0.717, 1.165) is 6.42 Å². The number of aliphatic hydroxyl groups is 5. The molecule has 0 aliphatic carbocycles. The normalized spacial score (nSPS) is 43.5. The summed E-state index contributed by atoms with van der Waals surface area (Å²) in [4.78, 5) is 26.4. The molecule has 286 valence electrons. The Morgan fingerprint density at radius 3 is 2.02 bits per heavy atom. The smallest absolute Gasteiger partial charge is 0.311 e. The maximum absolute atomic E-state index is 14.3. The molecule has 3 rings (SSSR count). The quantitative estimate of drug-likeness (QED) is 0.132. The molecule has 0 saturated carbocycles. The second-order valence-electron chi connectivity index (χ2n) is 16.2. The van der Waals surface area contributed by atoms with Gasteiger partial charge in [-0.15, -0.1) is 0 Å². The monoisotopic (exact) mass is 700 g/mol. The molecule has 3 saturated heterocycles. The zero-order valence-corrected chi connectivity index (χ0v) is 31.9. The van der Waals surface area contributed by atoms with Gasteiger partial charge in [0.1, 0.15) is 17.3 Å². The second kappa shape index (κ2) is 15.8. The lowest BCUT2D eigenvalue weighted by Crippen LogP contribution is -2.64. The maximum Gasteiger partial charge on any atom is 0.311 e. The second-order valence-corrected chi connectivity index (χ2v) is 16.2. The van der Waals surface area contributed by atoms with Gasteiger partial charge in [0.05, 0.1) is 36.1 Å². The molecule has 11 nitrogen and oxygen atoms in total. The van der Waals surface area contributed by atoms with Crippen molar-refractivity contribution in [3.05, 3.63) is 0 Å². The van der Waals surface area contributed by atoms with Crippen molar-refractivity contribution >= 4 is 11.8 Å². The third-order valence-electron chi connectivity index (χ3n) is 13.1. The first-order valence-electron chi connectivity index (χ1n) is 19.0. The van der Waals surface area contributed by atoms with Crippen LogP contribution >= 0.6 is 0 Å². The zero-order valence-electron chi connectivity index (χ0n) is 31.9. The Labute approximate surface area is 294 Å². The van der Waals surface area contributed by atoms with Crippen molar-refractivity contribution in [1.82, 2.24) is 0 Å². The summed E-state index contributed by atoms with van der Waals surface area (Å²) >= 11 is 0. The molecule has 0 bridgehead atoms. The van der Waals surface area contributed by atoms with Crippen LogP contribution in [0.1, 0.15) is 128 Å². The predicted molar refractivity (Wildman–Crippen MR) is 184 cm³/mol. The van der Waals surface area contributed by atoms with Crippen LogP contribution in [0.5, 0.6) is 0 Å². The van der Waals surface area contributed by atoms with Crippen LogP contribution in [0.25, 0.3) is 0 Å². The topological polar surface area (TPSA) is 183 Å². The fourth-order valence-electron chi connectivity index (χ4n) is 9.82. The summed E-state index contributed by atoms with van der Waals surface area (Å²) in [5.74, 6) is -10.7. The van der Waals surface area contributed by atoms with Gasteiger partial charge in [-0.2, -0.15) is 0 Å². The standard InChI is InChI=1S/C38H68O11/c1-12-17-28(39)36(16-5)19-21(7)38(46,49-36)35(11)18-20(6)32(47-35)25(13-2)30(41)22(8)29(40)23(9)33-26(14-3)31(42)24(10)37(45,48-33)27(15-4)34(43)44/h20-29,31-33,39-40,42,45-46H,12-19H2,1-11H3,(H,43,44)/t20-,21+,22-,23-,24-,25+,26-,27+,28-,29+,31-,32-,33+,35-,36+,37+,38+/m0/s1. The first-order chi connectivity index (χ1) is 22.7. The van der Waals surface area contributed by atoms with Crippen molar-refractivity contribution in [3.8, 4) is 0 Å². The van der Waals surface area contributed by atoms with E-state index in [0.29, 0.717) is 38.5 Å². The van der Waals surface area contributed by atoms with Crippen LogP contribution < -0.4 is 0 Å². The van der Waals surface area contributed by atoms with E-state index in [2.05, 4.69) is 0 Å². The summed E-state index contributed by atoms with van der Waals surface area (Å²) in [6, 6.07) is 0. The van der Waals surface area contributed by atoms with E-state index >= 15 is 0 Å². The number of rotatable bonds is 16. The summed E-state index contributed by atoms with van der Waals surface area (Å²) in [5.41, 5.74) is -2.05. The summed E-state index contributed by atoms with van der Waals surface area (Å²) in [6.45, 7) is 20.0. The summed E-state index contributed by atoms with van der Waals surface area (Å²) in [5, 5.41) is 67.8. The highest BCUT2D eigenvalue weighted by Crippen LogP contribution is 2.56. The lowest BCUT2D eigenvalue weighted by Gasteiger charge is -2.52. The zero-order chi connectivity index (χ0) is 37.4. The number of carboxylic acid groups (broad SMARTS) is 1. The number of hydrogen-bond acceptors (Lipinski definition) is 10. The molecule has 0 aromatic heterocycles. The number of carbonyl (C=O) groups is 2. The van der Waals surface area contributed by atoms with Crippen LogP contribution in [0, 0.1) is 47.3 Å². The predicted octanol–water partition coefficient (Wildman–Crippen LogP) is 4.67. The Hall–Kier alpha value is -1.18. The van der Waals surface area contributed by atoms with Gasteiger partial charge < -0.3 is 44.8 Å². The molecule has 0 aromatic rings. The van der Waals surface area contributed by atoms with Crippen LogP contribution in [-0.2, 0) is 23.8 Å². The lowest BCUT2D eigenvalue weighted by atomic mass is 9.69. The van der Waals surface area contributed by atoms with Gasteiger partial charge >= 0.3 is 5.97 Å². The molecule has 11 heteroatoms. The molecular formula is C38H68O11. The van der Waals surface area contributed by atoms with Crippen LogP contribution in [0.15, 0.2) is 0 Å². The number of ether oxygens (including phenoxy) is 3. The van der Waals surface area contributed by atoms with Crippen molar-refractivity contribution in [2.75, 3.05) is 0 Å². The SMILES string of the molecule is CCC[C@H](O)[C@@]1(CC)C[C@@H](C)[C@](O)([C@]2(C)C[C@H](C)[C@@H]([C@H](CC)C(=O)[C@@H](C)[C@@H](O)[C@H](C)[C@H]3O[C@@](O)([C@H](CC)C(=O)O)[C@@H](C)[C@H](O)[C@@H]3CC)O2)O1. The molecule has 0 unspecified atom stereocenters. The first-order valence-corrected chi connectivity index (χ1v) is 19.0. The van der Waals surface area contributed by atoms with E-state index in [9.17, 15) is 40.2 Å². The summed E-state index contributed by atoms with van der Waals surface area (Å²) in [6.07, 6.45) is -0.779. The Morgan fingerprint density at radius 1 is 0.918 bits per heavy atom. The Morgan fingerprint density at radius 2 is 1.53 bits per heavy atom. The number of ketones is 1. The van der Waals surface area contributed by atoms with E-state index in [1.807, 2.05) is 48.5 Å². The third-order valence-corrected chi connectivity index (χ3v) is 13.1. The molecule has 3 heterocycles. The largest absolute Gasteiger partial charge is 0.481 e. The van der Waals surface area contributed by atoms with E-state index in [4.69, 9.17) is 14.2 Å². The highest BCUT2D eigenvalue weighted by Gasteiger charge is 2.67. The Bertz CT molecular complexity index is 1130. The fourth-order valence-corrected chi connectivity index (χ4v) is 9.82. The third kappa shape index (κ3) is 7.26. The molecule has 17 atom stereocenters. The van der Waals surface area contributed by atoms with Crippen LogP contribution in [0.2, 0.25) is 0 Å². The number of carboxylic acids is 1. The average molecular weight is 701 g/mol. The van der Waals surface area contributed by atoms with Crippen LogP contribution in [0.3, 0.4) is 0 Å². The van der Waals surface area contributed by atoms with Crippen LogP contribution in [-0.4, -0.2) is 95.7 Å². The van der Waals surface area contributed by atoms with Gasteiger partial charge in [0.15, 0.2) is 11.6 Å². The molecule has 3 aliphatic rings. The molecule has 0 radical (unpaired) electrons. The minimum absolute atomic E-state index is 0.0760. The van der Waals surface area contributed by atoms with Gasteiger partial charge in [0.25, 0.3) is 0 Å². The molecular weight excluding hydrogens is 632 g/mol. The number of aliphatic carboxylic acids is 1. The molecule has 0 aromatic carbocycles. The number of carbonyl (C=O) groups excluding carboxylic acids is 1. The van der Waals surface area contributed by atoms with Crippen molar-refractivity contribution < 1.29 is 54.4 Å². The molecule has 3 fully saturated rings. The van der Waals surface area contributed by atoms with Gasteiger partial charge in [-0.05, 0) is 57.8 Å². The Kier molecular flexibility index (Phi) is 13.6. The van der Waals surface area contributed by atoms with E-state index < -0.39 is 94.8 Å². The van der Waals surface area contributed by atoms with Crippen molar-refractivity contribution in [3.63, 3.8) is 0 Å². The lowest BCUT2D eigenvalue weighted by molar-refractivity contribution is -0.348. The average Bonchev–Trinajstić information content (AvgIpc) is 3.52. The van der Waals surface area contributed by atoms with Crippen molar-refractivity contribution in [2.24, 2.45) is 47.3 Å². The Balaban J connectivity index is 1.85. The highest BCUT2D eigenvalue weighted by atomic mass is 16.7. The number of hydrogen-bond donors (Lipinski definition) is 6.